The van der Waals surface area contributed by atoms with Gasteiger partial charge in [-0.15, -0.1) is 0 Å². The van der Waals surface area contributed by atoms with Gasteiger partial charge in [0, 0.05) is 29.7 Å². The van der Waals surface area contributed by atoms with E-state index in [9.17, 15) is 0 Å². The molecule has 1 fully saturated rings. The number of nitrogens with zero attached hydrogens (tertiary/aromatic N) is 1. The summed E-state index contributed by atoms with van der Waals surface area (Å²) in [4.78, 5) is 0. The SMILES string of the molecule is CCOc1ccc2c(c1)cc(C1CCCCN1)n2C. The Balaban J connectivity index is 1.98. The van der Waals surface area contributed by atoms with Gasteiger partial charge in [-0.05, 0) is 50.6 Å². The Labute approximate surface area is 114 Å². The van der Waals surface area contributed by atoms with Gasteiger partial charge in [-0.1, -0.05) is 6.42 Å². The molecule has 0 amide bonds. The maximum absolute atomic E-state index is 5.58. The van der Waals surface area contributed by atoms with E-state index in [1.54, 1.807) is 0 Å². The summed E-state index contributed by atoms with van der Waals surface area (Å²) in [6, 6.07) is 9.17. The number of nitrogens with one attached hydrogen (secondary N) is 1. The fourth-order valence-electron chi connectivity index (χ4n) is 3.04. The quantitative estimate of drug-likeness (QED) is 0.913. The van der Waals surface area contributed by atoms with Crippen molar-refractivity contribution in [3.8, 4) is 5.75 Å². The second kappa shape index (κ2) is 5.25. The molecular formula is C16H22N2O. The first kappa shape index (κ1) is 12.5. The molecule has 0 aliphatic carbocycles. The summed E-state index contributed by atoms with van der Waals surface area (Å²) in [5, 5.41) is 4.90. The molecule has 0 radical (unpaired) electrons. The molecule has 1 aliphatic heterocycles. The highest BCUT2D eigenvalue weighted by atomic mass is 16.5. The van der Waals surface area contributed by atoms with E-state index in [4.69, 9.17) is 4.74 Å². The first-order valence-electron chi connectivity index (χ1n) is 7.25. The van der Waals surface area contributed by atoms with Gasteiger partial charge < -0.3 is 14.6 Å². The average molecular weight is 258 g/mol. The van der Waals surface area contributed by atoms with Crippen molar-refractivity contribution >= 4 is 10.9 Å². The summed E-state index contributed by atoms with van der Waals surface area (Å²) in [5.41, 5.74) is 2.68. The molecule has 2 heterocycles. The largest absolute Gasteiger partial charge is 0.494 e. The van der Waals surface area contributed by atoms with Crippen LogP contribution in [0.25, 0.3) is 10.9 Å². The minimum absolute atomic E-state index is 0.502. The minimum Gasteiger partial charge on any atom is -0.494 e. The van der Waals surface area contributed by atoms with E-state index >= 15 is 0 Å². The predicted octanol–water partition coefficient (Wildman–Crippen LogP) is 3.39. The van der Waals surface area contributed by atoms with E-state index in [1.165, 1.54) is 35.9 Å². The van der Waals surface area contributed by atoms with Crippen molar-refractivity contribution in [3.63, 3.8) is 0 Å². The summed E-state index contributed by atoms with van der Waals surface area (Å²) in [6.07, 6.45) is 3.86. The van der Waals surface area contributed by atoms with Crippen LogP contribution in [0.5, 0.6) is 5.75 Å². The van der Waals surface area contributed by atoms with E-state index < -0.39 is 0 Å². The number of hydrogen-bond acceptors (Lipinski definition) is 2. The zero-order chi connectivity index (χ0) is 13.2. The highest BCUT2D eigenvalue weighted by molar-refractivity contribution is 5.83. The number of hydrogen-bond donors (Lipinski definition) is 1. The molecule has 2 aromatic rings. The third kappa shape index (κ3) is 2.35. The van der Waals surface area contributed by atoms with Crippen LogP contribution in [0.4, 0.5) is 0 Å². The molecule has 19 heavy (non-hydrogen) atoms. The Hall–Kier alpha value is -1.48. The van der Waals surface area contributed by atoms with Crippen molar-refractivity contribution < 1.29 is 4.74 Å². The van der Waals surface area contributed by atoms with Crippen molar-refractivity contribution in [3.05, 3.63) is 30.0 Å². The second-order valence-electron chi connectivity index (χ2n) is 5.28. The topological polar surface area (TPSA) is 26.2 Å². The average Bonchev–Trinajstić information content (AvgIpc) is 2.77. The lowest BCUT2D eigenvalue weighted by Gasteiger charge is -2.24. The Morgan fingerprint density at radius 2 is 2.21 bits per heavy atom. The molecule has 1 N–H and O–H groups in total. The summed E-state index contributed by atoms with van der Waals surface area (Å²) in [7, 11) is 2.16. The van der Waals surface area contributed by atoms with Gasteiger partial charge in [0.25, 0.3) is 0 Å². The lowest BCUT2D eigenvalue weighted by atomic mass is 10.0. The molecule has 3 nitrogen and oxygen atoms in total. The smallest absolute Gasteiger partial charge is 0.120 e. The third-order valence-corrected chi connectivity index (χ3v) is 4.03. The van der Waals surface area contributed by atoms with Crippen molar-refractivity contribution in [2.24, 2.45) is 7.05 Å². The zero-order valence-corrected chi connectivity index (χ0v) is 11.8. The number of fused-ring (bicyclic) bond motifs is 1. The van der Waals surface area contributed by atoms with Crippen molar-refractivity contribution in [2.75, 3.05) is 13.2 Å². The molecule has 1 aromatic carbocycles. The van der Waals surface area contributed by atoms with E-state index in [0.29, 0.717) is 6.04 Å². The van der Waals surface area contributed by atoms with E-state index in [1.807, 2.05) is 6.92 Å². The van der Waals surface area contributed by atoms with Gasteiger partial charge in [0.1, 0.15) is 5.75 Å². The minimum atomic E-state index is 0.502. The summed E-state index contributed by atoms with van der Waals surface area (Å²) < 4.78 is 7.90. The molecule has 0 spiro atoms. The van der Waals surface area contributed by atoms with Crippen LogP contribution in [0.3, 0.4) is 0 Å². The highest BCUT2D eigenvalue weighted by Gasteiger charge is 2.18. The number of aromatic nitrogens is 1. The normalized spacial score (nSPS) is 19.8. The van der Waals surface area contributed by atoms with Gasteiger partial charge in [-0.2, -0.15) is 0 Å². The van der Waals surface area contributed by atoms with Crippen LogP contribution in [0.15, 0.2) is 24.3 Å². The summed E-state index contributed by atoms with van der Waals surface area (Å²) in [6.45, 7) is 3.87. The van der Waals surface area contributed by atoms with Crippen LogP contribution in [-0.2, 0) is 7.05 Å². The van der Waals surface area contributed by atoms with Gasteiger partial charge in [-0.25, -0.2) is 0 Å². The van der Waals surface area contributed by atoms with Gasteiger partial charge in [-0.3, -0.25) is 0 Å². The van der Waals surface area contributed by atoms with Crippen LogP contribution < -0.4 is 10.1 Å². The molecule has 0 saturated carbocycles. The Morgan fingerprint density at radius 3 is 2.95 bits per heavy atom. The van der Waals surface area contributed by atoms with E-state index in [-0.39, 0.29) is 0 Å². The predicted molar refractivity (Wildman–Crippen MR) is 78.7 cm³/mol. The van der Waals surface area contributed by atoms with Crippen molar-refractivity contribution in [1.29, 1.82) is 0 Å². The van der Waals surface area contributed by atoms with Gasteiger partial charge in [0.15, 0.2) is 0 Å². The first-order valence-corrected chi connectivity index (χ1v) is 7.25. The number of ether oxygens (including phenoxy) is 1. The van der Waals surface area contributed by atoms with Crippen molar-refractivity contribution in [2.45, 2.75) is 32.2 Å². The number of aryl methyl sites for hydroxylation is 1. The van der Waals surface area contributed by atoms with Gasteiger partial charge >= 0.3 is 0 Å². The van der Waals surface area contributed by atoms with Crippen LogP contribution in [0.1, 0.15) is 37.9 Å². The number of benzene rings is 1. The Morgan fingerprint density at radius 1 is 1.32 bits per heavy atom. The Bertz CT molecular complexity index is 567. The number of rotatable bonds is 3. The fourth-order valence-corrected chi connectivity index (χ4v) is 3.04. The zero-order valence-electron chi connectivity index (χ0n) is 11.8. The lowest BCUT2D eigenvalue weighted by Crippen LogP contribution is -2.28. The maximum atomic E-state index is 5.58. The van der Waals surface area contributed by atoms with Crippen LogP contribution in [0, 0.1) is 0 Å². The monoisotopic (exact) mass is 258 g/mol. The summed E-state index contributed by atoms with van der Waals surface area (Å²) in [5.74, 6) is 0.962. The fraction of sp³-hybridized carbons (Fsp3) is 0.500. The second-order valence-corrected chi connectivity index (χ2v) is 5.28. The van der Waals surface area contributed by atoms with E-state index in [0.717, 1.165) is 18.9 Å². The molecule has 102 valence electrons. The highest BCUT2D eigenvalue weighted by Crippen LogP contribution is 2.30. The van der Waals surface area contributed by atoms with Crippen LogP contribution in [0.2, 0.25) is 0 Å². The molecule has 1 aromatic heterocycles. The molecule has 3 heteroatoms. The molecule has 1 saturated heterocycles. The van der Waals surface area contributed by atoms with E-state index in [2.05, 4.69) is 41.2 Å². The molecule has 1 unspecified atom stereocenters. The lowest BCUT2D eigenvalue weighted by molar-refractivity contribution is 0.340. The Kier molecular flexibility index (Phi) is 3.47. The third-order valence-electron chi connectivity index (χ3n) is 4.03. The molecule has 0 bridgehead atoms. The molecule has 3 rings (SSSR count). The van der Waals surface area contributed by atoms with Crippen molar-refractivity contribution in [1.82, 2.24) is 9.88 Å². The standard InChI is InChI=1S/C16H22N2O/c1-3-19-13-7-8-15-12(10-13)11-16(18(15)2)14-6-4-5-9-17-14/h7-8,10-11,14,17H,3-6,9H2,1-2H3. The molecular weight excluding hydrogens is 236 g/mol. The van der Waals surface area contributed by atoms with Crippen LogP contribution in [-0.4, -0.2) is 17.7 Å². The van der Waals surface area contributed by atoms with Gasteiger partial charge in [0.2, 0.25) is 0 Å². The summed E-state index contributed by atoms with van der Waals surface area (Å²) >= 11 is 0. The first-order chi connectivity index (χ1) is 9.29. The molecule has 1 aliphatic rings. The number of piperidine rings is 1. The maximum Gasteiger partial charge on any atom is 0.120 e. The van der Waals surface area contributed by atoms with Gasteiger partial charge in [0.05, 0.1) is 6.61 Å². The molecule has 1 atom stereocenters. The van der Waals surface area contributed by atoms with Crippen LogP contribution >= 0.6 is 0 Å².